The van der Waals surface area contributed by atoms with E-state index in [0.717, 1.165) is 16.5 Å². The first-order valence-electron chi connectivity index (χ1n) is 6.74. The Labute approximate surface area is 117 Å². The maximum Gasteiger partial charge on any atom is 0.245 e. The van der Waals surface area contributed by atoms with E-state index >= 15 is 0 Å². The number of carbonyl (C=O) groups excluding carboxylic acids is 2. The van der Waals surface area contributed by atoms with Crippen LogP contribution in [0.1, 0.15) is 19.4 Å². The summed E-state index contributed by atoms with van der Waals surface area (Å²) in [6.45, 7) is 3.92. The van der Waals surface area contributed by atoms with Gasteiger partial charge in [-0.2, -0.15) is 0 Å². The van der Waals surface area contributed by atoms with Gasteiger partial charge in [-0.25, -0.2) is 0 Å². The van der Waals surface area contributed by atoms with Gasteiger partial charge in [0.25, 0.3) is 0 Å². The third kappa shape index (κ3) is 1.95. The first-order valence-corrected chi connectivity index (χ1v) is 6.74. The van der Waals surface area contributed by atoms with Crippen molar-refractivity contribution in [2.75, 3.05) is 0 Å². The Kier molecular flexibility index (Phi) is 2.97. The third-order valence-corrected chi connectivity index (χ3v) is 3.87. The van der Waals surface area contributed by atoms with E-state index in [2.05, 4.69) is 10.3 Å². The van der Waals surface area contributed by atoms with Gasteiger partial charge in [0.2, 0.25) is 11.8 Å². The Morgan fingerprint density at radius 1 is 1.20 bits per heavy atom. The van der Waals surface area contributed by atoms with Crippen LogP contribution in [0.2, 0.25) is 0 Å². The summed E-state index contributed by atoms with van der Waals surface area (Å²) in [5, 5.41) is 3.78. The van der Waals surface area contributed by atoms with Gasteiger partial charge in [-0.05, 0) is 25.5 Å². The Morgan fingerprint density at radius 2 is 1.95 bits per heavy atom. The first kappa shape index (κ1) is 12.7. The standard InChI is InChI=1S/C15H17N3O2/c1-9-15(20)18(10(2)14(19)17-9)8-11-7-16-13-6-4-3-5-12(11)13/h3-7,9-10,16H,8H2,1-2H3,(H,17,19)/t9-,10-/m0/s1. The van der Waals surface area contributed by atoms with Gasteiger partial charge in [0.15, 0.2) is 0 Å². The van der Waals surface area contributed by atoms with E-state index in [-0.39, 0.29) is 11.8 Å². The molecule has 5 heteroatoms. The van der Waals surface area contributed by atoms with E-state index in [1.165, 1.54) is 0 Å². The van der Waals surface area contributed by atoms with Crippen LogP contribution >= 0.6 is 0 Å². The quantitative estimate of drug-likeness (QED) is 0.867. The molecule has 0 aliphatic carbocycles. The molecule has 0 unspecified atom stereocenters. The van der Waals surface area contributed by atoms with Crippen molar-refractivity contribution in [1.29, 1.82) is 0 Å². The molecule has 1 aliphatic rings. The molecule has 2 N–H and O–H groups in total. The van der Waals surface area contributed by atoms with Crippen molar-refractivity contribution in [2.24, 2.45) is 0 Å². The average molecular weight is 271 g/mol. The molecule has 1 saturated heterocycles. The van der Waals surface area contributed by atoms with Gasteiger partial charge in [0.05, 0.1) is 0 Å². The highest BCUT2D eigenvalue weighted by Crippen LogP contribution is 2.21. The van der Waals surface area contributed by atoms with Crippen LogP contribution in [0.5, 0.6) is 0 Å². The molecule has 104 valence electrons. The second-order valence-corrected chi connectivity index (χ2v) is 5.23. The van der Waals surface area contributed by atoms with Crippen molar-refractivity contribution in [1.82, 2.24) is 15.2 Å². The van der Waals surface area contributed by atoms with E-state index in [4.69, 9.17) is 0 Å². The second-order valence-electron chi connectivity index (χ2n) is 5.23. The molecular weight excluding hydrogens is 254 g/mol. The maximum atomic E-state index is 12.2. The van der Waals surface area contributed by atoms with Crippen molar-refractivity contribution < 1.29 is 9.59 Å². The zero-order valence-corrected chi connectivity index (χ0v) is 11.5. The van der Waals surface area contributed by atoms with Crippen molar-refractivity contribution in [3.05, 3.63) is 36.0 Å². The van der Waals surface area contributed by atoms with Gasteiger partial charge in [0, 0.05) is 23.6 Å². The van der Waals surface area contributed by atoms with Crippen LogP contribution in [0, 0.1) is 0 Å². The van der Waals surface area contributed by atoms with E-state index in [1.54, 1.807) is 18.7 Å². The Morgan fingerprint density at radius 3 is 2.75 bits per heavy atom. The van der Waals surface area contributed by atoms with Gasteiger partial charge < -0.3 is 15.2 Å². The summed E-state index contributed by atoms with van der Waals surface area (Å²) < 4.78 is 0. The number of piperazine rings is 1. The summed E-state index contributed by atoms with van der Waals surface area (Å²) in [6, 6.07) is 7.05. The summed E-state index contributed by atoms with van der Waals surface area (Å²) in [5.41, 5.74) is 2.07. The van der Waals surface area contributed by atoms with Crippen LogP contribution in [0.15, 0.2) is 30.5 Å². The second kappa shape index (κ2) is 4.67. The minimum Gasteiger partial charge on any atom is -0.361 e. The van der Waals surface area contributed by atoms with Gasteiger partial charge in [-0.3, -0.25) is 9.59 Å². The van der Waals surface area contributed by atoms with Crippen molar-refractivity contribution in [3.63, 3.8) is 0 Å². The Bertz CT molecular complexity index is 677. The number of nitrogens with one attached hydrogen (secondary N) is 2. The van der Waals surface area contributed by atoms with Gasteiger partial charge in [-0.15, -0.1) is 0 Å². The number of rotatable bonds is 2. The molecule has 1 aliphatic heterocycles. The molecule has 0 saturated carbocycles. The molecule has 0 radical (unpaired) electrons. The number of benzene rings is 1. The molecule has 1 aromatic heterocycles. The van der Waals surface area contributed by atoms with Crippen molar-refractivity contribution in [3.8, 4) is 0 Å². The Hall–Kier alpha value is -2.30. The minimum absolute atomic E-state index is 0.0395. The highest BCUT2D eigenvalue weighted by Gasteiger charge is 2.35. The largest absolute Gasteiger partial charge is 0.361 e. The predicted octanol–water partition coefficient (Wildman–Crippen LogP) is 1.40. The molecule has 2 amide bonds. The molecule has 2 atom stereocenters. The summed E-state index contributed by atoms with van der Waals surface area (Å²) in [7, 11) is 0. The Balaban J connectivity index is 1.93. The lowest BCUT2D eigenvalue weighted by atomic mass is 10.1. The highest BCUT2D eigenvalue weighted by atomic mass is 16.2. The number of nitrogens with zero attached hydrogens (tertiary/aromatic N) is 1. The van der Waals surface area contributed by atoms with E-state index in [1.807, 2.05) is 30.5 Å². The highest BCUT2D eigenvalue weighted by molar-refractivity contribution is 5.96. The lowest BCUT2D eigenvalue weighted by molar-refractivity contribution is -0.148. The average Bonchev–Trinajstić information content (AvgIpc) is 2.85. The normalized spacial score (nSPS) is 23.2. The summed E-state index contributed by atoms with van der Waals surface area (Å²) in [4.78, 5) is 28.9. The minimum atomic E-state index is -0.455. The van der Waals surface area contributed by atoms with Crippen LogP contribution in [-0.2, 0) is 16.1 Å². The van der Waals surface area contributed by atoms with Gasteiger partial charge >= 0.3 is 0 Å². The number of amides is 2. The molecule has 2 aromatic rings. The summed E-state index contributed by atoms with van der Waals surface area (Å²) >= 11 is 0. The fourth-order valence-electron chi connectivity index (χ4n) is 2.64. The third-order valence-electron chi connectivity index (χ3n) is 3.87. The molecule has 2 heterocycles. The van der Waals surface area contributed by atoms with E-state index < -0.39 is 12.1 Å². The monoisotopic (exact) mass is 271 g/mol. The van der Waals surface area contributed by atoms with Crippen LogP contribution in [0.4, 0.5) is 0 Å². The van der Waals surface area contributed by atoms with Crippen LogP contribution < -0.4 is 5.32 Å². The zero-order chi connectivity index (χ0) is 14.3. The molecule has 1 fully saturated rings. The lowest BCUT2D eigenvalue weighted by Gasteiger charge is -2.36. The topological polar surface area (TPSA) is 65.2 Å². The fraction of sp³-hybridized carbons (Fsp3) is 0.333. The van der Waals surface area contributed by atoms with Crippen molar-refractivity contribution >= 4 is 22.7 Å². The molecule has 5 nitrogen and oxygen atoms in total. The zero-order valence-electron chi connectivity index (χ0n) is 11.5. The summed E-state index contributed by atoms with van der Waals surface area (Å²) in [6.07, 6.45) is 1.90. The van der Waals surface area contributed by atoms with Crippen LogP contribution in [0.3, 0.4) is 0 Å². The predicted molar refractivity (Wildman–Crippen MR) is 75.9 cm³/mol. The van der Waals surface area contributed by atoms with E-state index in [0.29, 0.717) is 6.54 Å². The molecule has 0 spiro atoms. The van der Waals surface area contributed by atoms with Gasteiger partial charge in [-0.1, -0.05) is 18.2 Å². The molecule has 1 aromatic carbocycles. The number of carbonyl (C=O) groups is 2. The first-order chi connectivity index (χ1) is 9.58. The number of H-pyrrole nitrogens is 1. The number of aromatic amines is 1. The number of hydrogen-bond acceptors (Lipinski definition) is 2. The molecular formula is C15H17N3O2. The van der Waals surface area contributed by atoms with Crippen LogP contribution in [0.25, 0.3) is 10.9 Å². The molecule has 0 bridgehead atoms. The van der Waals surface area contributed by atoms with Crippen molar-refractivity contribution in [2.45, 2.75) is 32.5 Å². The smallest absolute Gasteiger partial charge is 0.245 e. The van der Waals surface area contributed by atoms with Crippen LogP contribution in [-0.4, -0.2) is 33.8 Å². The number of fused-ring (bicyclic) bond motifs is 1. The molecule has 20 heavy (non-hydrogen) atoms. The van der Waals surface area contributed by atoms with Gasteiger partial charge in [0.1, 0.15) is 12.1 Å². The molecule has 3 rings (SSSR count). The SMILES string of the molecule is C[C@@H]1NC(=O)[C@H](C)N(Cc2c[nH]c3ccccc23)C1=O. The summed E-state index contributed by atoms with van der Waals surface area (Å²) in [5.74, 6) is -0.140. The van der Waals surface area contributed by atoms with E-state index in [9.17, 15) is 9.59 Å². The number of aromatic nitrogens is 1. The number of hydrogen-bond donors (Lipinski definition) is 2. The fourth-order valence-corrected chi connectivity index (χ4v) is 2.64. The maximum absolute atomic E-state index is 12.2. The number of para-hydroxylation sites is 1. The lowest BCUT2D eigenvalue weighted by Crippen LogP contribution is -2.60.